The summed E-state index contributed by atoms with van der Waals surface area (Å²) in [6.45, 7) is 2.71. The van der Waals surface area contributed by atoms with E-state index in [1.807, 2.05) is 37.3 Å². The summed E-state index contributed by atoms with van der Waals surface area (Å²) in [5.41, 5.74) is 1.53. The largest absolute Gasteiger partial charge is 0.494 e. The number of carbonyl (C=O) groups is 1. The van der Waals surface area contributed by atoms with E-state index >= 15 is 0 Å². The number of rotatable bonds is 6. The van der Waals surface area contributed by atoms with Crippen molar-refractivity contribution in [2.45, 2.75) is 13.3 Å². The van der Waals surface area contributed by atoms with E-state index in [1.54, 1.807) is 24.3 Å². The fourth-order valence-corrected chi connectivity index (χ4v) is 2.81. The van der Waals surface area contributed by atoms with Crippen LogP contribution in [0.4, 0.5) is 5.13 Å². The summed E-state index contributed by atoms with van der Waals surface area (Å²) >= 11 is 1.34. The van der Waals surface area contributed by atoms with Crippen LogP contribution in [0, 0.1) is 0 Å². The summed E-state index contributed by atoms with van der Waals surface area (Å²) in [7, 11) is 0. The Morgan fingerprint density at radius 3 is 2.54 bits per heavy atom. The van der Waals surface area contributed by atoms with E-state index in [0.29, 0.717) is 17.3 Å². The van der Waals surface area contributed by atoms with Gasteiger partial charge in [-0.15, -0.1) is 10.2 Å². The van der Waals surface area contributed by atoms with E-state index in [4.69, 9.17) is 4.74 Å². The van der Waals surface area contributed by atoms with E-state index in [9.17, 15) is 4.79 Å². The van der Waals surface area contributed by atoms with Crippen LogP contribution in [-0.2, 0) is 0 Å². The fraction of sp³-hybridized carbons (Fsp3) is 0.167. The summed E-state index contributed by atoms with van der Waals surface area (Å²) in [5.74, 6) is 0.545. The Hall–Kier alpha value is -2.73. The number of hydrogen-bond donors (Lipinski definition) is 1. The zero-order valence-corrected chi connectivity index (χ0v) is 14.0. The maximum Gasteiger partial charge on any atom is 0.257 e. The molecule has 1 N–H and O–H groups in total. The third kappa shape index (κ3) is 3.97. The van der Waals surface area contributed by atoms with Crippen molar-refractivity contribution in [2.24, 2.45) is 0 Å². The molecule has 0 saturated carbocycles. The number of anilines is 1. The quantitative estimate of drug-likeness (QED) is 0.729. The van der Waals surface area contributed by atoms with Crippen molar-refractivity contribution in [2.75, 3.05) is 11.9 Å². The number of nitrogens with zero attached hydrogens (tertiary/aromatic N) is 2. The Balaban J connectivity index is 1.66. The van der Waals surface area contributed by atoms with Gasteiger partial charge in [-0.25, -0.2) is 0 Å². The molecule has 0 bridgehead atoms. The number of hydrogen-bond acceptors (Lipinski definition) is 5. The van der Waals surface area contributed by atoms with Gasteiger partial charge in [0, 0.05) is 11.1 Å². The van der Waals surface area contributed by atoms with Gasteiger partial charge in [0.05, 0.1) is 6.61 Å². The number of nitrogens with one attached hydrogen (secondary N) is 1. The second-order valence-corrected chi connectivity index (χ2v) is 6.08. The summed E-state index contributed by atoms with van der Waals surface area (Å²) < 4.78 is 5.51. The average Bonchev–Trinajstić information content (AvgIpc) is 3.09. The molecule has 3 aromatic rings. The molecule has 0 atom stereocenters. The molecule has 0 fully saturated rings. The SMILES string of the molecule is CCCOc1ccc(C(=O)Nc2nnc(-c3ccccc3)s2)cc1. The molecule has 2 aromatic carbocycles. The van der Waals surface area contributed by atoms with Crippen LogP contribution in [0.5, 0.6) is 5.75 Å². The van der Waals surface area contributed by atoms with E-state index in [1.165, 1.54) is 11.3 Å². The molecule has 3 rings (SSSR count). The van der Waals surface area contributed by atoms with E-state index in [-0.39, 0.29) is 5.91 Å². The highest BCUT2D eigenvalue weighted by atomic mass is 32.1. The topological polar surface area (TPSA) is 64.1 Å². The second-order valence-electron chi connectivity index (χ2n) is 5.11. The number of amides is 1. The smallest absolute Gasteiger partial charge is 0.257 e. The first-order valence-corrected chi connectivity index (χ1v) is 8.51. The molecule has 0 spiro atoms. The van der Waals surface area contributed by atoms with Gasteiger partial charge in [0.25, 0.3) is 5.91 Å². The number of ether oxygens (including phenoxy) is 1. The van der Waals surface area contributed by atoms with Gasteiger partial charge in [-0.3, -0.25) is 10.1 Å². The van der Waals surface area contributed by atoms with Crippen LogP contribution in [0.2, 0.25) is 0 Å². The standard InChI is InChI=1S/C18H17N3O2S/c1-2-12-23-15-10-8-13(9-11-15)16(22)19-18-21-20-17(24-18)14-6-4-3-5-7-14/h3-11H,2,12H2,1H3,(H,19,21,22). The Labute approximate surface area is 144 Å². The predicted molar refractivity (Wildman–Crippen MR) is 95.5 cm³/mol. The van der Waals surface area contributed by atoms with Crippen LogP contribution >= 0.6 is 11.3 Å². The van der Waals surface area contributed by atoms with Crippen molar-refractivity contribution >= 4 is 22.4 Å². The molecule has 0 aliphatic carbocycles. The molecule has 122 valence electrons. The lowest BCUT2D eigenvalue weighted by Crippen LogP contribution is -2.11. The summed E-state index contributed by atoms with van der Waals surface area (Å²) in [5, 5.41) is 12.2. The minimum Gasteiger partial charge on any atom is -0.494 e. The molecule has 1 heterocycles. The van der Waals surface area contributed by atoms with Gasteiger partial charge in [0.2, 0.25) is 5.13 Å². The number of benzene rings is 2. The lowest BCUT2D eigenvalue weighted by molar-refractivity contribution is 0.102. The van der Waals surface area contributed by atoms with Crippen molar-refractivity contribution in [1.82, 2.24) is 10.2 Å². The first-order valence-electron chi connectivity index (χ1n) is 7.69. The lowest BCUT2D eigenvalue weighted by Gasteiger charge is -2.05. The Morgan fingerprint density at radius 2 is 1.83 bits per heavy atom. The van der Waals surface area contributed by atoms with Crippen LogP contribution in [0.3, 0.4) is 0 Å². The molecule has 1 amide bonds. The first-order chi connectivity index (χ1) is 11.8. The maximum absolute atomic E-state index is 12.3. The van der Waals surface area contributed by atoms with Gasteiger partial charge >= 0.3 is 0 Å². The molecule has 0 aliphatic rings. The van der Waals surface area contributed by atoms with Crippen molar-refractivity contribution in [3.8, 4) is 16.3 Å². The van der Waals surface area contributed by atoms with Gasteiger partial charge in [0.15, 0.2) is 0 Å². The Kier molecular flexibility index (Phi) is 5.18. The van der Waals surface area contributed by atoms with Gasteiger partial charge in [0.1, 0.15) is 10.8 Å². The third-order valence-corrected chi connectivity index (χ3v) is 4.14. The van der Waals surface area contributed by atoms with E-state index in [0.717, 1.165) is 22.7 Å². The van der Waals surface area contributed by atoms with Gasteiger partial charge in [-0.1, -0.05) is 48.6 Å². The van der Waals surface area contributed by atoms with Crippen LogP contribution in [0.25, 0.3) is 10.6 Å². The molecular weight excluding hydrogens is 322 g/mol. The molecule has 0 aliphatic heterocycles. The van der Waals surface area contributed by atoms with Crippen molar-refractivity contribution < 1.29 is 9.53 Å². The minimum absolute atomic E-state index is 0.215. The summed E-state index contributed by atoms with van der Waals surface area (Å²) in [6, 6.07) is 16.8. The predicted octanol–water partition coefficient (Wildman–Crippen LogP) is 4.25. The van der Waals surface area contributed by atoms with Crippen molar-refractivity contribution in [3.05, 3.63) is 60.2 Å². The third-order valence-electron chi connectivity index (χ3n) is 3.26. The van der Waals surface area contributed by atoms with Gasteiger partial charge in [-0.05, 0) is 30.7 Å². The van der Waals surface area contributed by atoms with Gasteiger partial charge in [-0.2, -0.15) is 0 Å². The molecule has 24 heavy (non-hydrogen) atoms. The molecule has 0 unspecified atom stereocenters. The van der Waals surface area contributed by atoms with Crippen LogP contribution in [0.15, 0.2) is 54.6 Å². The monoisotopic (exact) mass is 339 g/mol. The zero-order chi connectivity index (χ0) is 16.8. The lowest BCUT2D eigenvalue weighted by atomic mass is 10.2. The van der Waals surface area contributed by atoms with Gasteiger partial charge < -0.3 is 4.74 Å². The normalized spacial score (nSPS) is 10.4. The van der Waals surface area contributed by atoms with Crippen molar-refractivity contribution in [3.63, 3.8) is 0 Å². The maximum atomic E-state index is 12.3. The van der Waals surface area contributed by atoms with Crippen LogP contribution in [-0.4, -0.2) is 22.7 Å². The molecule has 1 aromatic heterocycles. The average molecular weight is 339 g/mol. The second kappa shape index (κ2) is 7.70. The van der Waals surface area contributed by atoms with Crippen LogP contribution in [0.1, 0.15) is 23.7 Å². The molecular formula is C18H17N3O2S. The summed E-state index contributed by atoms with van der Waals surface area (Å²) in [4.78, 5) is 12.3. The highest BCUT2D eigenvalue weighted by molar-refractivity contribution is 7.18. The molecule has 5 nitrogen and oxygen atoms in total. The first kappa shape index (κ1) is 16.1. The number of carbonyl (C=O) groups excluding carboxylic acids is 1. The Bertz CT molecular complexity index is 801. The summed E-state index contributed by atoms with van der Waals surface area (Å²) in [6.07, 6.45) is 0.947. The molecule has 6 heteroatoms. The Morgan fingerprint density at radius 1 is 1.08 bits per heavy atom. The fourth-order valence-electron chi connectivity index (χ4n) is 2.06. The minimum atomic E-state index is -0.215. The highest BCUT2D eigenvalue weighted by Gasteiger charge is 2.11. The zero-order valence-electron chi connectivity index (χ0n) is 13.2. The van der Waals surface area contributed by atoms with Crippen molar-refractivity contribution in [1.29, 1.82) is 0 Å². The van der Waals surface area contributed by atoms with Crippen LogP contribution < -0.4 is 10.1 Å². The van der Waals surface area contributed by atoms with E-state index in [2.05, 4.69) is 15.5 Å². The number of aromatic nitrogens is 2. The molecule has 0 radical (unpaired) electrons. The highest BCUT2D eigenvalue weighted by Crippen LogP contribution is 2.26. The molecule has 0 saturated heterocycles. The van der Waals surface area contributed by atoms with E-state index < -0.39 is 0 Å².